The van der Waals surface area contributed by atoms with Gasteiger partial charge in [0.2, 0.25) is 0 Å². The fraction of sp³-hybridized carbons (Fsp3) is 0.294. The first-order valence-corrected chi connectivity index (χ1v) is 8.49. The van der Waals surface area contributed by atoms with Crippen LogP contribution in [0.25, 0.3) is 0 Å². The van der Waals surface area contributed by atoms with Gasteiger partial charge in [0.15, 0.2) is 0 Å². The molecule has 0 radical (unpaired) electrons. The van der Waals surface area contributed by atoms with Gasteiger partial charge in [-0.15, -0.1) is 11.3 Å². The number of esters is 1. The van der Waals surface area contributed by atoms with E-state index in [0.717, 1.165) is 9.88 Å². The quantitative estimate of drug-likeness (QED) is 0.630. The van der Waals surface area contributed by atoms with Gasteiger partial charge in [-0.2, -0.15) is 0 Å². The van der Waals surface area contributed by atoms with Gasteiger partial charge in [-0.3, -0.25) is 9.59 Å². The van der Waals surface area contributed by atoms with Crippen LogP contribution in [0.15, 0.2) is 30.5 Å². The Kier molecular flexibility index (Phi) is 6.24. The van der Waals surface area contributed by atoms with Crippen LogP contribution in [0.1, 0.15) is 39.6 Å². The first kappa shape index (κ1) is 18.6. The maximum absolute atomic E-state index is 12.2. The van der Waals surface area contributed by atoms with Crippen molar-refractivity contribution in [3.63, 3.8) is 0 Å². The number of methoxy groups -OCH3 is 1. The van der Waals surface area contributed by atoms with Crippen LogP contribution in [0, 0.1) is 6.92 Å². The molecule has 1 aromatic heterocycles. The number of aromatic nitrogens is 1. The zero-order valence-corrected chi connectivity index (χ0v) is 15.0. The molecule has 0 saturated carbocycles. The highest BCUT2D eigenvalue weighted by atomic mass is 32.1. The molecular formula is C17H19N3O4S. The number of aryl methyl sites for hydroxylation is 1. The van der Waals surface area contributed by atoms with Crippen molar-refractivity contribution in [1.82, 2.24) is 10.3 Å². The third kappa shape index (κ3) is 4.63. The van der Waals surface area contributed by atoms with Crippen molar-refractivity contribution < 1.29 is 19.1 Å². The maximum atomic E-state index is 12.2. The normalized spacial score (nSPS) is 11.5. The Bertz CT molecular complexity index is 788. The number of amides is 2. The lowest BCUT2D eigenvalue weighted by molar-refractivity contribution is -0.136. The van der Waals surface area contributed by atoms with Gasteiger partial charge in [0.25, 0.3) is 0 Å². The number of carbonyl (C=O) groups is 3. The van der Waals surface area contributed by atoms with Crippen LogP contribution in [-0.2, 0) is 14.3 Å². The van der Waals surface area contributed by atoms with E-state index < -0.39 is 17.8 Å². The van der Waals surface area contributed by atoms with Crippen molar-refractivity contribution in [2.75, 3.05) is 12.4 Å². The molecule has 0 bridgehead atoms. The minimum absolute atomic E-state index is 0.175. The third-order valence-corrected chi connectivity index (χ3v) is 4.46. The standard InChI is InChI=1S/C17H19N3O4S/c1-4-12(16-18-9-10(2)25-16)19-14(21)15(22)20-13-8-6-5-7-11(13)17(23)24-3/h5-9,12H,4H2,1-3H3,(H,19,21)(H,20,22). The third-order valence-electron chi connectivity index (χ3n) is 3.44. The molecule has 1 unspecified atom stereocenters. The summed E-state index contributed by atoms with van der Waals surface area (Å²) in [6.07, 6.45) is 2.33. The van der Waals surface area contributed by atoms with E-state index in [2.05, 4.69) is 20.4 Å². The molecule has 8 heteroatoms. The van der Waals surface area contributed by atoms with Gasteiger partial charge in [0.1, 0.15) is 5.01 Å². The zero-order valence-electron chi connectivity index (χ0n) is 14.2. The largest absolute Gasteiger partial charge is 0.465 e. The summed E-state index contributed by atoms with van der Waals surface area (Å²) in [4.78, 5) is 41.3. The van der Waals surface area contributed by atoms with Crippen LogP contribution in [0.4, 0.5) is 5.69 Å². The number of carbonyl (C=O) groups excluding carboxylic acids is 3. The zero-order chi connectivity index (χ0) is 18.4. The fourth-order valence-electron chi connectivity index (χ4n) is 2.15. The van der Waals surface area contributed by atoms with Crippen molar-refractivity contribution in [1.29, 1.82) is 0 Å². The number of hydrogen-bond acceptors (Lipinski definition) is 6. The van der Waals surface area contributed by atoms with Gasteiger partial charge in [-0.25, -0.2) is 9.78 Å². The predicted molar refractivity (Wildman–Crippen MR) is 94.4 cm³/mol. The second-order valence-corrected chi connectivity index (χ2v) is 6.50. The Morgan fingerprint density at radius 2 is 1.96 bits per heavy atom. The molecule has 2 aromatic rings. The summed E-state index contributed by atoms with van der Waals surface area (Å²) < 4.78 is 4.66. The molecule has 0 saturated heterocycles. The van der Waals surface area contributed by atoms with Crippen molar-refractivity contribution >= 4 is 34.8 Å². The molecule has 25 heavy (non-hydrogen) atoms. The number of hydrogen-bond donors (Lipinski definition) is 2. The Morgan fingerprint density at radius 1 is 1.24 bits per heavy atom. The van der Waals surface area contributed by atoms with Gasteiger partial charge >= 0.3 is 17.8 Å². The summed E-state index contributed by atoms with van der Waals surface area (Å²) in [6.45, 7) is 3.82. The molecule has 7 nitrogen and oxygen atoms in total. The first-order chi connectivity index (χ1) is 12.0. The lowest BCUT2D eigenvalue weighted by Gasteiger charge is -2.15. The van der Waals surface area contributed by atoms with E-state index in [1.165, 1.54) is 30.6 Å². The average molecular weight is 361 g/mol. The number of para-hydroxylation sites is 1. The molecule has 0 aliphatic rings. The van der Waals surface area contributed by atoms with E-state index in [9.17, 15) is 14.4 Å². The second kappa shape index (κ2) is 8.39. The maximum Gasteiger partial charge on any atom is 0.339 e. The molecule has 2 N–H and O–H groups in total. The summed E-state index contributed by atoms with van der Waals surface area (Å²) >= 11 is 1.47. The molecule has 1 heterocycles. The number of benzene rings is 1. The summed E-state index contributed by atoms with van der Waals surface area (Å²) in [6, 6.07) is 5.98. The monoisotopic (exact) mass is 361 g/mol. The molecule has 1 atom stereocenters. The summed E-state index contributed by atoms with van der Waals surface area (Å²) in [5.74, 6) is -2.25. The molecule has 1 aromatic carbocycles. The van der Waals surface area contributed by atoms with Gasteiger partial charge in [0, 0.05) is 11.1 Å². The number of nitrogens with one attached hydrogen (secondary N) is 2. The average Bonchev–Trinajstić information content (AvgIpc) is 3.05. The highest BCUT2D eigenvalue weighted by molar-refractivity contribution is 7.11. The summed E-state index contributed by atoms with van der Waals surface area (Å²) in [7, 11) is 1.25. The molecular weight excluding hydrogens is 342 g/mol. The summed E-state index contributed by atoms with van der Waals surface area (Å²) in [5.41, 5.74) is 0.390. The van der Waals surface area contributed by atoms with Crippen LogP contribution in [0.5, 0.6) is 0 Å². The topological polar surface area (TPSA) is 97.4 Å². The number of rotatable bonds is 5. The molecule has 0 aliphatic carbocycles. The minimum Gasteiger partial charge on any atom is -0.465 e. The fourth-order valence-corrected chi connectivity index (χ4v) is 3.06. The van der Waals surface area contributed by atoms with Gasteiger partial charge < -0.3 is 15.4 Å². The van der Waals surface area contributed by atoms with Crippen molar-refractivity contribution in [3.05, 3.63) is 45.9 Å². The van der Waals surface area contributed by atoms with E-state index in [1.54, 1.807) is 18.3 Å². The smallest absolute Gasteiger partial charge is 0.339 e. The summed E-state index contributed by atoms with van der Waals surface area (Å²) in [5, 5.41) is 5.85. The van der Waals surface area contributed by atoms with E-state index in [1.807, 2.05) is 13.8 Å². The van der Waals surface area contributed by atoms with Gasteiger partial charge in [0.05, 0.1) is 24.4 Å². The van der Waals surface area contributed by atoms with Crippen molar-refractivity contribution in [2.24, 2.45) is 0 Å². The van der Waals surface area contributed by atoms with E-state index in [-0.39, 0.29) is 17.3 Å². The Morgan fingerprint density at radius 3 is 2.56 bits per heavy atom. The SMILES string of the molecule is CCC(NC(=O)C(=O)Nc1ccccc1C(=O)OC)c1ncc(C)s1. The molecule has 0 fully saturated rings. The van der Waals surface area contributed by atoms with Crippen LogP contribution in [0.3, 0.4) is 0 Å². The predicted octanol–water partition coefficient (Wildman–Crippen LogP) is 2.44. The lowest BCUT2D eigenvalue weighted by Crippen LogP contribution is -2.37. The molecule has 0 spiro atoms. The van der Waals surface area contributed by atoms with Crippen LogP contribution < -0.4 is 10.6 Å². The van der Waals surface area contributed by atoms with Gasteiger partial charge in [-0.1, -0.05) is 19.1 Å². The second-order valence-electron chi connectivity index (χ2n) is 5.23. The Labute approximate surface area is 149 Å². The Hall–Kier alpha value is -2.74. The van der Waals surface area contributed by atoms with Crippen LogP contribution in [-0.4, -0.2) is 29.9 Å². The molecule has 132 valence electrons. The first-order valence-electron chi connectivity index (χ1n) is 7.67. The number of ether oxygens (including phenoxy) is 1. The molecule has 0 aliphatic heterocycles. The lowest BCUT2D eigenvalue weighted by atomic mass is 10.1. The van der Waals surface area contributed by atoms with Gasteiger partial charge in [-0.05, 0) is 25.5 Å². The number of thiazole rings is 1. The van der Waals surface area contributed by atoms with Crippen molar-refractivity contribution in [2.45, 2.75) is 26.3 Å². The van der Waals surface area contributed by atoms with E-state index in [4.69, 9.17) is 0 Å². The molecule has 2 rings (SSSR count). The van der Waals surface area contributed by atoms with E-state index >= 15 is 0 Å². The molecule has 2 amide bonds. The number of anilines is 1. The van der Waals surface area contributed by atoms with E-state index in [0.29, 0.717) is 6.42 Å². The van der Waals surface area contributed by atoms with Crippen LogP contribution >= 0.6 is 11.3 Å². The number of nitrogens with zero attached hydrogens (tertiary/aromatic N) is 1. The van der Waals surface area contributed by atoms with Crippen molar-refractivity contribution in [3.8, 4) is 0 Å². The Balaban J connectivity index is 2.08. The minimum atomic E-state index is -0.858. The highest BCUT2D eigenvalue weighted by Gasteiger charge is 2.22. The van der Waals surface area contributed by atoms with Crippen LogP contribution in [0.2, 0.25) is 0 Å². The highest BCUT2D eigenvalue weighted by Crippen LogP contribution is 2.22.